The van der Waals surface area contributed by atoms with Gasteiger partial charge in [0.05, 0.1) is 6.61 Å². The van der Waals surface area contributed by atoms with Gasteiger partial charge in [-0.15, -0.1) is 5.92 Å². The minimum atomic E-state index is -4.13. The zero-order valence-corrected chi connectivity index (χ0v) is 9.91. The second-order valence-corrected chi connectivity index (χ2v) is 4.34. The van der Waals surface area contributed by atoms with Crippen LogP contribution in [0, 0.1) is 11.8 Å². The molecule has 0 fully saturated rings. The summed E-state index contributed by atoms with van der Waals surface area (Å²) in [5, 5.41) is 0. The third-order valence-corrected chi connectivity index (χ3v) is 2.10. The molecule has 0 amide bonds. The van der Waals surface area contributed by atoms with Gasteiger partial charge in [-0.2, -0.15) is 8.42 Å². The molecular formula is C9H14O6S. The summed E-state index contributed by atoms with van der Waals surface area (Å²) in [6.07, 6.45) is -0.921. The van der Waals surface area contributed by atoms with Gasteiger partial charge >= 0.3 is 5.97 Å². The fourth-order valence-corrected chi connectivity index (χ4v) is 1.42. The zero-order valence-electron chi connectivity index (χ0n) is 9.10. The van der Waals surface area contributed by atoms with Crippen molar-refractivity contribution in [1.29, 1.82) is 0 Å². The van der Waals surface area contributed by atoms with E-state index in [0.717, 1.165) is 0 Å². The van der Waals surface area contributed by atoms with Gasteiger partial charge in [-0.05, 0) is 6.92 Å². The van der Waals surface area contributed by atoms with E-state index >= 15 is 0 Å². The van der Waals surface area contributed by atoms with Crippen molar-refractivity contribution in [1.82, 2.24) is 0 Å². The first kappa shape index (κ1) is 14.9. The molecule has 0 aliphatic carbocycles. The molecule has 16 heavy (non-hydrogen) atoms. The lowest BCUT2D eigenvalue weighted by Gasteiger charge is -2.10. The summed E-state index contributed by atoms with van der Waals surface area (Å²) < 4.78 is 39.4. The van der Waals surface area contributed by atoms with E-state index in [0.29, 0.717) is 0 Å². The molecule has 0 aromatic heterocycles. The monoisotopic (exact) mass is 250 g/mol. The number of carbonyl (C=O) groups excluding carboxylic acids is 1. The van der Waals surface area contributed by atoms with Crippen LogP contribution in [0.25, 0.3) is 0 Å². The topological polar surface area (TPSA) is 89.9 Å². The second-order valence-electron chi connectivity index (χ2n) is 2.84. The fraction of sp³-hybridized carbons (Fsp3) is 0.667. The molecule has 7 heteroatoms. The average Bonchev–Trinajstić information content (AvgIpc) is 2.09. The van der Waals surface area contributed by atoms with E-state index in [1.165, 1.54) is 13.8 Å². The van der Waals surface area contributed by atoms with Crippen LogP contribution in [0.2, 0.25) is 0 Å². The summed E-state index contributed by atoms with van der Waals surface area (Å²) >= 11 is 0. The standard InChI is InChI=1S/C9H14O6S/c1-3-4-9(7-16(11,12)13)15-6-5-14-8(2)10/h9H,5-7H2,1-2H3,(H,11,12,13). The number of hydrogen-bond acceptors (Lipinski definition) is 5. The van der Waals surface area contributed by atoms with Crippen LogP contribution in [0.5, 0.6) is 0 Å². The maximum absolute atomic E-state index is 10.6. The predicted octanol–water partition coefficient (Wildman–Crippen LogP) is -0.154. The summed E-state index contributed by atoms with van der Waals surface area (Å²) in [5.74, 6) is 3.91. The van der Waals surface area contributed by atoms with E-state index in [-0.39, 0.29) is 13.2 Å². The van der Waals surface area contributed by atoms with E-state index < -0.39 is 27.9 Å². The quantitative estimate of drug-likeness (QED) is 0.305. The molecule has 1 unspecified atom stereocenters. The smallest absolute Gasteiger partial charge is 0.302 e. The van der Waals surface area contributed by atoms with Gasteiger partial charge in [0.15, 0.2) is 0 Å². The molecule has 0 aromatic carbocycles. The highest BCUT2D eigenvalue weighted by Crippen LogP contribution is 1.96. The van der Waals surface area contributed by atoms with Crippen molar-refractivity contribution in [3.63, 3.8) is 0 Å². The van der Waals surface area contributed by atoms with Gasteiger partial charge < -0.3 is 9.47 Å². The number of rotatable bonds is 6. The van der Waals surface area contributed by atoms with Crippen molar-refractivity contribution in [2.45, 2.75) is 20.0 Å². The highest BCUT2D eigenvalue weighted by atomic mass is 32.2. The number of ether oxygens (including phenoxy) is 2. The lowest BCUT2D eigenvalue weighted by atomic mass is 10.4. The van der Waals surface area contributed by atoms with Crippen LogP contribution in [0.15, 0.2) is 0 Å². The first-order valence-electron chi connectivity index (χ1n) is 4.47. The Hall–Kier alpha value is -1.10. The van der Waals surface area contributed by atoms with Gasteiger partial charge in [0, 0.05) is 6.92 Å². The third kappa shape index (κ3) is 9.45. The van der Waals surface area contributed by atoms with E-state index in [1.54, 1.807) is 0 Å². The van der Waals surface area contributed by atoms with Gasteiger partial charge in [0.1, 0.15) is 18.5 Å². The van der Waals surface area contributed by atoms with Crippen molar-refractivity contribution >= 4 is 16.1 Å². The van der Waals surface area contributed by atoms with E-state index in [1.807, 2.05) is 0 Å². The Balaban J connectivity index is 4.04. The van der Waals surface area contributed by atoms with E-state index in [9.17, 15) is 13.2 Å². The fourth-order valence-electron chi connectivity index (χ4n) is 0.859. The molecule has 0 bridgehead atoms. The van der Waals surface area contributed by atoms with Crippen LogP contribution in [0.3, 0.4) is 0 Å². The van der Waals surface area contributed by atoms with E-state index in [4.69, 9.17) is 9.29 Å². The molecule has 0 aromatic rings. The first-order chi connectivity index (χ1) is 7.35. The number of esters is 1. The summed E-state index contributed by atoms with van der Waals surface area (Å²) in [6.45, 7) is 2.81. The van der Waals surface area contributed by atoms with Gasteiger partial charge in [-0.25, -0.2) is 0 Å². The van der Waals surface area contributed by atoms with Crippen LogP contribution in [0.1, 0.15) is 13.8 Å². The summed E-state index contributed by atoms with van der Waals surface area (Å²) in [6, 6.07) is 0. The Morgan fingerprint density at radius 3 is 2.50 bits per heavy atom. The van der Waals surface area contributed by atoms with E-state index in [2.05, 4.69) is 16.6 Å². The van der Waals surface area contributed by atoms with Gasteiger partial charge in [0.2, 0.25) is 0 Å². The SMILES string of the molecule is CC#CC(CS(=O)(=O)O)OCCOC(C)=O. The average molecular weight is 250 g/mol. The normalized spacial score (nSPS) is 12.4. The van der Waals surface area contributed by atoms with Crippen molar-refractivity contribution in [3.05, 3.63) is 0 Å². The minimum Gasteiger partial charge on any atom is -0.463 e. The largest absolute Gasteiger partial charge is 0.463 e. The Bertz CT molecular complexity index is 375. The summed E-state index contributed by atoms with van der Waals surface area (Å²) in [5.41, 5.74) is 0. The molecule has 0 aliphatic heterocycles. The highest BCUT2D eigenvalue weighted by Gasteiger charge is 2.15. The molecule has 0 rings (SSSR count). The summed E-state index contributed by atoms with van der Waals surface area (Å²) in [7, 11) is -4.13. The molecule has 0 spiro atoms. The molecule has 0 heterocycles. The lowest BCUT2D eigenvalue weighted by Crippen LogP contribution is -2.24. The maximum Gasteiger partial charge on any atom is 0.302 e. The van der Waals surface area contributed by atoms with Crippen molar-refractivity contribution in [2.75, 3.05) is 19.0 Å². The molecule has 0 saturated heterocycles. The molecular weight excluding hydrogens is 236 g/mol. The Kier molecular flexibility index (Phi) is 6.72. The van der Waals surface area contributed by atoms with Crippen molar-refractivity contribution < 1.29 is 27.2 Å². The molecule has 0 radical (unpaired) electrons. The first-order valence-corrected chi connectivity index (χ1v) is 6.08. The van der Waals surface area contributed by atoms with Gasteiger partial charge in [-0.3, -0.25) is 9.35 Å². The Labute approximate surface area is 94.7 Å². The number of carbonyl (C=O) groups is 1. The second kappa shape index (κ2) is 7.22. The van der Waals surface area contributed by atoms with Crippen LogP contribution in [-0.2, 0) is 24.4 Å². The van der Waals surface area contributed by atoms with Gasteiger partial charge in [-0.1, -0.05) is 5.92 Å². The molecule has 1 N–H and O–H groups in total. The van der Waals surface area contributed by atoms with Crippen molar-refractivity contribution in [3.8, 4) is 11.8 Å². The molecule has 0 aliphatic rings. The molecule has 1 atom stereocenters. The van der Waals surface area contributed by atoms with Crippen LogP contribution < -0.4 is 0 Å². The summed E-state index contributed by atoms with van der Waals surface area (Å²) in [4.78, 5) is 10.4. The molecule has 0 saturated carbocycles. The Morgan fingerprint density at radius 2 is 2.06 bits per heavy atom. The molecule has 6 nitrogen and oxygen atoms in total. The lowest BCUT2D eigenvalue weighted by molar-refractivity contribution is -0.142. The zero-order chi connectivity index (χ0) is 12.6. The van der Waals surface area contributed by atoms with Crippen LogP contribution >= 0.6 is 0 Å². The predicted molar refractivity (Wildman–Crippen MR) is 56.2 cm³/mol. The highest BCUT2D eigenvalue weighted by molar-refractivity contribution is 7.85. The minimum absolute atomic E-state index is 0.0166. The van der Waals surface area contributed by atoms with Crippen LogP contribution in [-0.4, -0.2) is 44.0 Å². The third-order valence-electron chi connectivity index (χ3n) is 1.38. The van der Waals surface area contributed by atoms with Crippen LogP contribution in [0.4, 0.5) is 0 Å². The van der Waals surface area contributed by atoms with Crippen molar-refractivity contribution in [2.24, 2.45) is 0 Å². The maximum atomic E-state index is 10.6. The number of hydrogen-bond donors (Lipinski definition) is 1. The Morgan fingerprint density at radius 1 is 1.44 bits per heavy atom. The molecule has 92 valence electrons. The van der Waals surface area contributed by atoms with Gasteiger partial charge in [0.25, 0.3) is 10.1 Å².